The first-order valence-corrected chi connectivity index (χ1v) is 6.40. The zero-order valence-corrected chi connectivity index (χ0v) is 10.2. The number of rotatable bonds is 3. The maximum absolute atomic E-state index is 13.1. The topological polar surface area (TPSA) is 89.3 Å². The van der Waals surface area contributed by atoms with Crippen LogP contribution in [0.3, 0.4) is 0 Å². The fourth-order valence-corrected chi connectivity index (χ4v) is 1.64. The van der Waals surface area contributed by atoms with Gasteiger partial charge in [0.1, 0.15) is 5.82 Å². The second kappa shape index (κ2) is 4.70. The first-order chi connectivity index (χ1) is 7.75. The third kappa shape index (κ3) is 2.94. The molecule has 0 saturated carbocycles. The minimum absolute atomic E-state index is 0.200. The third-order valence-corrected chi connectivity index (χ3v) is 3.86. The average Bonchev–Trinajstić information content (AvgIpc) is 2.21. The normalized spacial score (nSPS) is 11.5. The summed E-state index contributed by atoms with van der Waals surface area (Å²) in [5.41, 5.74) is 4.78. The maximum atomic E-state index is 13.1. The van der Waals surface area contributed by atoms with Gasteiger partial charge >= 0.3 is 0 Å². The Morgan fingerprint density at radius 2 is 2.00 bits per heavy atom. The first-order valence-electron chi connectivity index (χ1n) is 4.85. The van der Waals surface area contributed by atoms with Gasteiger partial charge in [0.15, 0.2) is 0 Å². The highest BCUT2D eigenvalue weighted by atomic mass is 32.2. The number of sulfonamides is 1. The Morgan fingerprint density at radius 3 is 2.53 bits per heavy atom. The molecule has 1 aromatic rings. The Labute approximate surface area is 98.9 Å². The maximum Gasteiger partial charge on any atom is 0.266 e. The molecule has 0 radical (unpaired) electrons. The number of para-hydroxylation sites is 1. The molecule has 94 valence electrons. The largest absolute Gasteiger partial charge is 0.396 e. The van der Waals surface area contributed by atoms with Crippen molar-refractivity contribution in [1.29, 1.82) is 0 Å². The van der Waals surface area contributed by atoms with E-state index in [-0.39, 0.29) is 11.3 Å². The molecule has 1 aromatic carbocycles. The Kier molecular flexibility index (Phi) is 3.72. The van der Waals surface area contributed by atoms with E-state index in [1.807, 2.05) is 4.72 Å². The average molecular weight is 260 g/mol. The second-order valence-corrected chi connectivity index (χ2v) is 5.96. The van der Waals surface area contributed by atoms with Gasteiger partial charge in [-0.25, -0.2) is 17.5 Å². The fourth-order valence-electron chi connectivity index (χ4n) is 1.04. The summed E-state index contributed by atoms with van der Waals surface area (Å²) in [7, 11) is -3.75. The molecule has 0 aliphatic carbocycles. The summed E-state index contributed by atoms with van der Waals surface area (Å²) < 4.78 is 37.8. The highest BCUT2D eigenvalue weighted by Gasteiger charge is 2.21. The number of nitrogens with one attached hydrogen (secondary N) is 1. The van der Waals surface area contributed by atoms with E-state index in [0.717, 1.165) is 6.07 Å². The van der Waals surface area contributed by atoms with Crippen LogP contribution in [-0.4, -0.2) is 19.6 Å². The Bertz CT molecular complexity index is 540. The van der Waals surface area contributed by atoms with Crippen molar-refractivity contribution in [3.63, 3.8) is 0 Å². The Balaban J connectivity index is 3.04. The van der Waals surface area contributed by atoms with Crippen LogP contribution in [0.15, 0.2) is 18.2 Å². The molecule has 0 spiro atoms. The van der Waals surface area contributed by atoms with E-state index in [2.05, 4.69) is 0 Å². The van der Waals surface area contributed by atoms with Gasteiger partial charge in [-0.2, -0.15) is 0 Å². The highest BCUT2D eigenvalue weighted by Crippen LogP contribution is 2.16. The van der Waals surface area contributed by atoms with Crippen molar-refractivity contribution in [2.45, 2.75) is 19.1 Å². The van der Waals surface area contributed by atoms with Crippen molar-refractivity contribution >= 4 is 21.6 Å². The van der Waals surface area contributed by atoms with Crippen LogP contribution in [0.4, 0.5) is 10.1 Å². The van der Waals surface area contributed by atoms with E-state index in [1.165, 1.54) is 26.0 Å². The van der Waals surface area contributed by atoms with Gasteiger partial charge in [0, 0.05) is 0 Å². The molecule has 0 fully saturated rings. The van der Waals surface area contributed by atoms with Crippen molar-refractivity contribution in [3.8, 4) is 0 Å². The number of hydrogen-bond acceptors (Lipinski definition) is 4. The number of anilines is 1. The first kappa shape index (κ1) is 13.4. The zero-order valence-electron chi connectivity index (χ0n) is 9.40. The Hall–Kier alpha value is -1.63. The van der Waals surface area contributed by atoms with Gasteiger partial charge in [-0.3, -0.25) is 4.79 Å². The summed E-state index contributed by atoms with van der Waals surface area (Å²) in [6, 6.07) is 3.62. The molecule has 17 heavy (non-hydrogen) atoms. The molecule has 1 amide bonds. The predicted molar refractivity (Wildman–Crippen MR) is 62.3 cm³/mol. The number of carbonyl (C=O) groups excluding carboxylic acids is 1. The van der Waals surface area contributed by atoms with E-state index >= 15 is 0 Å². The van der Waals surface area contributed by atoms with Crippen molar-refractivity contribution in [1.82, 2.24) is 4.72 Å². The lowest BCUT2D eigenvalue weighted by molar-refractivity contribution is 0.0981. The summed E-state index contributed by atoms with van der Waals surface area (Å²) in [5, 5.41) is -0.763. The Morgan fingerprint density at radius 1 is 1.41 bits per heavy atom. The quantitative estimate of drug-likeness (QED) is 0.789. The van der Waals surface area contributed by atoms with Crippen LogP contribution < -0.4 is 10.5 Å². The van der Waals surface area contributed by atoms with E-state index in [0.29, 0.717) is 0 Å². The van der Waals surface area contributed by atoms with Crippen LogP contribution in [0.25, 0.3) is 0 Å². The molecule has 7 heteroatoms. The third-order valence-electron chi connectivity index (χ3n) is 2.15. The standard InChI is InChI=1S/C10H13FN2O3S/c1-6(2)17(15,16)13-10(14)7-4-3-5-8(11)9(7)12/h3-6H,12H2,1-2H3,(H,13,14). The number of carbonyl (C=O) groups is 1. The SMILES string of the molecule is CC(C)S(=O)(=O)NC(=O)c1cccc(F)c1N. The molecule has 0 unspecified atom stereocenters. The van der Waals surface area contributed by atoms with Gasteiger partial charge in [0.25, 0.3) is 5.91 Å². The van der Waals surface area contributed by atoms with E-state index in [9.17, 15) is 17.6 Å². The molecule has 0 saturated heterocycles. The predicted octanol–water partition coefficient (Wildman–Crippen LogP) is 0.876. The van der Waals surface area contributed by atoms with Gasteiger partial charge in [-0.05, 0) is 26.0 Å². The van der Waals surface area contributed by atoms with E-state index in [4.69, 9.17) is 5.73 Å². The summed E-state index contributed by atoms with van der Waals surface area (Å²) >= 11 is 0. The van der Waals surface area contributed by atoms with Gasteiger partial charge in [-0.1, -0.05) is 6.07 Å². The van der Waals surface area contributed by atoms with Gasteiger partial charge in [-0.15, -0.1) is 0 Å². The van der Waals surface area contributed by atoms with Gasteiger partial charge < -0.3 is 5.73 Å². The summed E-state index contributed by atoms with van der Waals surface area (Å²) in [6.45, 7) is 2.84. The zero-order chi connectivity index (χ0) is 13.2. The fraction of sp³-hybridized carbons (Fsp3) is 0.300. The number of nitrogen functional groups attached to an aromatic ring is 1. The van der Waals surface area contributed by atoms with Crippen LogP contribution >= 0.6 is 0 Å². The molecule has 0 bridgehead atoms. The van der Waals surface area contributed by atoms with Gasteiger partial charge in [0.05, 0.1) is 16.5 Å². The van der Waals surface area contributed by atoms with Crippen molar-refractivity contribution in [3.05, 3.63) is 29.6 Å². The van der Waals surface area contributed by atoms with Crippen LogP contribution in [-0.2, 0) is 10.0 Å². The number of nitrogens with two attached hydrogens (primary N) is 1. The minimum atomic E-state index is -3.75. The second-order valence-electron chi connectivity index (χ2n) is 3.73. The highest BCUT2D eigenvalue weighted by molar-refractivity contribution is 7.90. The lowest BCUT2D eigenvalue weighted by atomic mass is 10.1. The molecule has 5 nitrogen and oxygen atoms in total. The number of benzene rings is 1. The van der Waals surface area contributed by atoms with E-state index < -0.39 is 27.0 Å². The monoisotopic (exact) mass is 260 g/mol. The molecule has 0 atom stereocenters. The number of halogens is 1. The molecular weight excluding hydrogens is 247 g/mol. The van der Waals surface area contributed by atoms with Crippen molar-refractivity contribution in [2.24, 2.45) is 0 Å². The molecule has 3 N–H and O–H groups in total. The lowest BCUT2D eigenvalue weighted by Crippen LogP contribution is -2.36. The smallest absolute Gasteiger partial charge is 0.266 e. The van der Waals surface area contributed by atoms with Crippen molar-refractivity contribution < 1.29 is 17.6 Å². The number of hydrogen-bond donors (Lipinski definition) is 2. The minimum Gasteiger partial charge on any atom is -0.396 e. The summed E-state index contributed by atoms with van der Waals surface area (Å²) in [5.74, 6) is -1.70. The molecule has 0 aliphatic rings. The van der Waals surface area contributed by atoms with E-state index in [1.54, 1.807) is 0 Å². The summed E-state index contributed by atoms with van der Waals surface area (Å²) in [4.78, 5) is 11.6. The van der Waals surface area contributed by atoms with Crippen molar-refractivity contribution in [2.75, 3.05) is 5.73 Å². The van der Waals surface area contributed by atoms with Crippen LogP contribution in [0.1, 0.15) is 24.2 Å². The molecule has 1 rings (SSSR count). The molecular formula is C10H13FN2O3S. The molecule has 0 aromatic heterocycles. The molecule has 0 heterocycles. The van der Waals surface area contributed by atoms with Crippen LogP contribution in [0.2, 0.25) is 0 Å². The van der Waals surface area contributed by atoms with Crippen LogP contribution in [0.5, 0.6) is 0 Å². The molecule has 0 aliphatic heterocycles. The van der Waals surface area contributed by atoms with Gasteiger partial charge in [0.2, 0.25) is 10.0 Å². The lowest BCUT2D eigenvalue weighted by Gasteiger charge is -2.10. The van der Waals surface area contributed by atoms with Crippen LogP contribution in [0, 0.1) is 5.82 Å². The summed E-state index contributed by atoms with van der Waals surface area (Å²) in [6.07, 6.45) is 0. The number of amides is 1.